The number of rotatable bonds is 7. The third-order valence-corrected chi connectivity index (χ3v) is 9.87. The van der Waals surface area contributed by atoms with Crippen LogP contribution in [0.15, 0.2) is 77.4 Å². The van der Waals surface area contributed by atoms with Crippen LogP contribution in [0.2, 0.25) is 0 Å². The number of hydrogen-bond donors (Lipinski definition) is 0. The molecule has 2 fully saturated rings. The van der Waals surface area contributed by atoms with Gasteiger partial charge in [0.25, 0.3) is 0 Å². The summed E-state index contributed by atoms with van der Waals surface area (Å²) >= 11 is 0. The summed E-state index contributed by atoms with van der Waals surface area (Å²) in [4.78, 5) is 0. The highest BCUT2D eigenvalue weighted by molar-refractivity contribution is 6.11. The van der Waals surface area contributed by atoms with Gasteiger partial charge in [-0.05, 0) is 129 Å². The number of aromatic nitrogens is 1. The predicted octanol–water partition coefficient (Wildman–Crippen LogP) is 12.0. The van der Waals surface area contributed by atoms with Gasteiger partial charge in [0.2, 0.25) is 0 Å². The summed E-state index contributed by atoms with van der Waals surface area (Å²) in [6.45, 7) is 15.6. The van der Waals surface area contributed by atoms with Gasteiger partial charge in [-0.25, -0.2) is 0 Å². The van der Waals surface area contributed by atoms with Gasteiger partial charge < -0.3 is 4.57 Å². The van der Waals surface area contributed by atoms with Gasteiger partial charge in [-0.15, -0.1) is 0 Å². The molecular weight excluding hydrogens is 470 g/mol. The van der Waals surface area contributed by atoms with E-state index in [1.165, 1.54) is 108 Å². The number of nitrogens with zero attached hydrogens (tertiary/aromatic N) is 1. The molecule has 0 atom stereocenters. The Bertz CT molecular complexity index is 1370. The third kappa shape index (κ3) is 5.47. The van der Waals surface area contributed by atoms with Crippen LogP contribution in [0.25, 0.3) is 27.5 Å². The fourth-order valence-electron chi connectivity index (χ4n) is 7.35. The fourth-order valence-corrected chi connectivity index (χ4v) is 7.35. The van der Waals surface area contributed by atoms with Crippen molar-refractivity contribution in [2.45, 2.75) is 117 Å². The molecule has 2 aliphatic carbocycles. The topological polar surface area (TPSA) is 4.93 Å². The van der Waals surface area contributed by atoms with Crippen LogP contribution in [0.3, 0.4) is 0 Å². The average Bonchev–Trinajstić information content (AvgIpc) is 3.30. The molecule has 1 heteroatoms. The van der Waals surface area contributed by atoms with Crippen molar-refractivity contribution in [3.63, 3.8) is 0 Å². The molecule has 0 saturated heterocycles. The summed E-state index contributed by atoms with van der Waals surface area (Å²) in [7, 11) is 0. The van der Waals surface area contributed by atoms with Gasteiger partial charge >= 0.3 is 0 Å². The van der Waals surface area contributed by atoms with Gasteiger partial charge in [0.15, 0.2) is 0 Å². The molecule has 0 amide bonds. The molecule has 5 rings (SSSR count). The number of benzene rings is 2. The molecule has 2 aromatic carbocycles. The van der Waals surface area contributed by atoms with Crippen molar-refractivity contribution in [2.24, 2.45) is 0 Å². The highest BCUT2D eigenvalue weighted by atomic mass is 15.0. The third-order valence-electron chi connectivity index (χ3n) is 9.87. The van der Waals surface area contributed by atoms with Crippen LogP contribution < -0.4 is 0 Å². The van der Waals surface area contributed by atoms with Gasteiger partial charge in [0.05, 0.1) is 11.0 Å². The van der Waals surface area contributed by atoms with E-state index in [2.05, 4.69) is 94.3 Å². The van der Waals surface area contributed by atoms with E-state index in [0.29, 0.717) is 11.8 Å². The van der Waals surface area contributed by atoms with Crippen LogP contribution in [0, 0.1) is 0 Å². The molecular formula is C38H49N. The van der Waals surface area contributed by atoms with Gasteiger partial charge in [0, 0.05) is 16.5 Å². The minimum Gasteiger partial charge on any atom is -0.309 e. The Morgan fingerprint density at radius 1 is 0.769 bits per heavy atom. The maximum Gasteiger partial charge on any atom is 0.0541 e. The quantitative estimate of drug-likeness (QED) is 0.274. The predicted molar refractivity (Wildman–Crippen MR) is 173 cm³/mol. The van der Waals surface area contributed by atoms with Crippen LogP contribution in [-0.4, -0.2) is 4.57 Å². The van der Waals surface area contributed by atoms with Crippen molar-refractivity contribution in [2.75, 3.05) is 0 Å². The smallest absolute Gasteiger partial charge is 0.0541 e. The first-order chi connectivity index (χ1) is 18.9. The summed E-state index contributed by atoms with van der Waals surface area (Å²) in [5.41, 5.74) is 12.0. The normalized spacial score (nSPS) is 19.1. The van der Waals surface area contributed by atoms with E-state index in [1.807, 2.05) is 0 Å². The van der Waals surface area contributed by atoms with E-state index in [-0.39, 0.29) is 0 Å². The Morgan fingerprint density at radius 3 is 1.69 bits per heavy atom. The molecule has 0 unspecified atom stereocenters. The lowest BCUT2D eigenvalue weighted by molar-refractivity contribution is 0.444. The molecule has 1 heterocycles. The maximum absolute atomic E-state index is 4.48. The summed E-state index contributed by atoms with van der Waals surface area (Å²) in [5, 5.41) is 2.85. The summed E-state index contributed by atoms with van der Waals surface area (Å²) < 4.78 is 2.53. The molecule has 1 nitrogen and oxygen atoms in total. The minimum atomic E-state index is 0.713. The van der Waals surface area contributed by atoms with E-state index in [0.717, 1.165) is 12.0 Å². The lowest BCUT2D eigenvalue weighted by Gasteiger charge is -2.22. The lowest BCUT2D eigenvalue weighted by Crippen LogP contribution is -2.05. The van der Waals surface area contributed by atoms with Crippen LogP contribution in [0.5, 0.6) is 0 Å². The monoisotopic (exact) mass is 519 g/mol. The highest BCUT2D eigenvalue weighted by Gasteiger charge is 2.22. The Morgan fingerprint density at radius 2 is 1.26 bits per heavy atom. The van der Waals surface area contributed by atoms with E-state index in [9.17, 15) is 0 Å². The Kier molecular flexibility index (Phi) is 8.65. The molecule has 0 aliphatic heterocycles. The SMILES string of the molecule is C=C(/C(C)=C\CC)/C(C)=C(C)/C(=C\C)n1c2ccc(C3CCCCC3)cc2c2cc(C3CCCCC3)ccc21. The molecule has 39 heavy (non-hydrogen) atoms. The summed E-state index contributed by atoms with van der Waals surface area (Å²) in [6, 6.07) is 14.8. The van der Waals surface area contributed by atoms with Crippen LogP contribution >= 0.6 is 0 Å². The maximum atomic E-state index is 4.48. The van der Waals surface area contributed by atoms with Crippen molar-refractivity contribution in [3.8, 4) is 0 Å². The second-order valence-electron chi connectivity index (χ2n) is 12.3. The summed E-state index contributed by atoms with van der Waals surface area (Å²) in [6.07, 6.45) is 19.3. The minimum absolute atomic E-state index is 0.713. The molecule has 0 bridgehead atoms. The number of allylic oxidation sites excluding steroid dienone is 7. The van der Waals surface area contributed by atoms with Crippen molar-refractivity contribution < 1.29 is 0 Å². The molecule has 206 valence electrons. The average molecular weight is 520 g/mol. The van der Waals surface area contributed by atoms with Crippen molar-refractivity contribution in [1.82, 2.24) is 4.57 Å². The molecule has 3 aromatic rings. The standard InChI is InChI=1S/C38H49N/c1-7-15-26(3)27(4)28(5)29(6)36(8-2)39-37-22-20-32(30-16-11-9-12-17-30)24-34(37)35-25-33(21-23-38(35)39)31-18-13-10-14-19-31/h8,15,20-25,30-31H,4,7,9-14,16-19H2,1-3,5-6H3/b26-15-,29-28+,36-8+. The molecule has 0 spiro atoms. The first-order valence-corrected chi connectivity index (χ1v) is 15.7. The van der Waals surface area contributed by atoms with Crippen molar-refractivity contribution >= 4 is 27.5 Å². The molecule has 0 radical (unpaired) electrons. The van der Waals surface area contributed by atoms with Gasteiger partial charge in [-0.3, -0.25) is 0 Å². The second kappa shape index (κ2) is 12.2. The van der Waals surface area contributed by atoms with Gasteiger partial charge in [0.1, 0.15) is 0 Å². The van der Waals surface area contributed by atoms with Crippen molar-refractivity contribution in [3.05, 3.63) is 88.5 Å². The molecule has 2 aliphatic rings. The van der Waals surface area contributed by atoms with E-state index >= 15 is 0 Å². The van der Waals surface area contributed by atoms with Crippen molar-refractivity contribution in [1.29, 1.82) is 0 Å². The van der Waals surface area contributed by atoms with Crippen LogP contribution in [0.4, 0.5) is 0 Å². The van der Waals surface area contributed by atoms with Crippen LogP contribution in [0.1, 0.15) is 128 Å². The van der Waals surface area contributed by atoms with E-state index in [1.54, 1.807) is 11.1 Å². The highest BCUT2D eigenvalue weighted by Crippen LogP contribution is 2.41. The fraction of sp³-hybridized carbons (Fsp3) is 0.474. The molecule has 1 aromatic heterocycles. The summed E-state index contributed by atoms with van der Waals surface area (Å²) in [5.74, 6) is 1.43. The second-order valence-corrected chi connectivity index (χ2v) is 12.3. The first kappa shape index (κ1) is 27.8. The Balaban J connectivity index is 1.70. The molecule has 2 saturated carbocycles. The lowest BCUT2D eigenvalue weighted by atomic mass is 9.83. The number of fused-ring (bicyclic) bond motifs is 3. The Hall–Kier alpha value is -2.80. The zero-order valence-electron chi connectivity index (χ0n) is 25.2. The van der Waals surface area contributed by atoms with Gasteiger partial charge in [-0.2, -0.15) is 0 Å². The van der Waals surface area contributed by atoms with E-state index < -0.39 is 0 Å². The largest absolute Gasteiger partial charge is 0.309 e. The zero-order chi connectivity index (χ0) is 27.5. The van der Waals surface area contributed by atoms with E-state index in [4.69, 9.17) is 0 Å². The Labute approximate surface area is 237 Å². The number of hydrogen-bond acceptors (Lipinski definition) is 0. The zero-order valence-corrected chi connectivity index (χ0v) is 25.2. The first-order valence-electron chi connectivity index (χ1n) is 15.7. The van der Waals surface area contributed by atoms with Gasteiger partial charge in [-0.1, -0.05) is 76.3 Å². The molecule has 0 N–H and O–H groups in total. The van der Waals surface area contributed by atoms with Crippen LogP contribution in [-0.2, 0) is 0 Å².